The number of benzene rings is 1. The van der Waals surface area contributed by atoms with E-state index >= 15 is 0 Å². The predicted octanol–water partition coefficient (Wildman–Crippen LogP) is -0.516. The first-order chi connectivity index (χ1) is 16.4. The second-order valence-corrected chi connectivity index (χ2v) is 7.93. The van der Waals surface area contributed by atoms with Crippen LogP contribution in [0, 0.1) is 5.82 Å². The van der Waals surface area contributed by atoms with Crippen LogP contribution in [0.25, 0.3) is 0 Å². The van der Waals surface area contributed by atoms with E-state index in [9.17, 15) is 23.9 Å². The van der Waals surface area contributed by atoms with Crippen molar-refractivity contribution < 1.29 is 28.6 Å². The van der Waals surface area contributed by atoms with Gasteiger partial charge in [-0.3, -0.25) is 14.4 Å². The minimum atomic E-state index is -0.521. The van der Waals surface area contributed by atoms with Gasteiger partial charge in [0.1, 0.15) is 12.4 Å². The molecular weight excluding hydrogens is 447 g/mol. The van der Waals surface area contributed by atoms with Gasteiger partial charge in [-0.1, -0.05) is 18.2 Å². The minimum Gasteiger partial charge on any atom is -0.391 e. The number of aliphatic hydroxyl groups is 1. The lowest BCUT2D eigenvalue weighted by Crippen LogP contribution is -2.40. The minimum absolute atomic E-state index is 0.0675. The third-order valence-electron chi connectivity index (χ3n) is 5.31. The van der Waals surface area contributed by atoms with Gasteiger partial charge in [0.25, 0.3) is 5.91 Å². The Bertz CT molecular complexity index is 1010. The summed E-state index contributed by atoms with van der Waals surface area (Å²) in [4.78, 5) is 37.4. The first kappa shape index (κ1) is 25.2. The number of likely N-dealkylation sites (tertiary alicyclic amines) is 1. The molecule has 1 atom stereocenters. The van der Waals surface area contributed by atoms with Crippen LogP contribution in [0.2, 0.25) is 0 Å². The molecule has 1 aromatic carbocycles. The van der Waals surface area contributed by atoms with E-state index in [-0.39, 0.29) is 50.9 Å². The fourth-order valence-corrected chi connectivity index (χ4v) is 3.38. The fourth-order valence-electron chi connectivity index (χ4n) is 3.38. The molecule has 184 valence electrons. The number of halogens is 1. The van der Waals surface area contributed by atoms with Crippen molar-refractivity contribution in [3.63, 3.8) is 0 Å². The van der Waals surface area contributed by atoms with E-state index < -0.39 is 23.7 Å². The van der Waals surface area contributed by atoms with E-state index in [0.717, 1.165) is 18.2 Å². The summed E-state index contributed by atoms with van der Waals surface area (Å²) in [6.07, 6.45) is 2.51. The monoisotopic (exact) mass is 476 g/mol. The van der Waals surface area contributed by atoms with Gasteiger partial charge in [-0.2, -0.15) is 0 Å². The highest BCUT2D eigenvalue weighted by atomic mass is 19.1. The second-order valence-electron chi connectivity index (χ2n) is 7.93. The smallest absolute Gasteiger partial charge is 0.251 e. The first-order valence-corrected chi connectivity index (χ1v) is 11.1. The van der Waals surface area contributed by atoms with E-state index in [0.29, 0.717) is 18.5 Å². The summed E-state index contributed by atoms with van der Waals surface area (Å²) in [6.45, 7) is 2.67. The van der Waals surface area contributed by atoms with Crippen molar-refractivity contribution in [2.45, 2.75) is 32.4 Å². The summed E-state index contributed by atoms with van der Waals surface area (Å²) < 4.78 is 21.1. The molecule has 1 aromatic heterocycles. The molecule has 0 radical (unpaired) electrons. The number of hydrogen-bond acceptors (Lipinski definition) is 7. The van der Waals surface area contributed by atoms with Crippen LogP contribution < -0.4 is 10.6 Å². The maximum absolute atomic E-state index is 14.4. The van der Waals surface area contributed by atoms with E-state index in [1.165, 1.54) is 21.7 Å². The van der Waals surface area contributed by atoms with Crippen LogP contribution in [-0.4, -0.2) is 88.2 Å². The molecular formula is C22H29FN6O5. The number of β-amino-alcohol motifs (C(OH)–C–C–N with tert-alkyl or cyclic N) is 1. The van der Waals surface area contributed by atoms with Crippen molar-refractivity contribution in [1.82, 2.24) is 30.5 Å². The summed E-state index contributed by atoms with van der Waals surface area (Å²) in [5.74, 6) is -1.71. The predicted molar refractivity (Wildman–Crippen MR) is 118 cm³/mol. The number of hydrogen-bond donors (Lipinski definition) is 3. The van der Waals surface area contributed by atoms with Crippen molar-refractivity contribution in [2.75, 3.05) is 39.4 Å². The normalized spacial score (nSPS) is 15.4. The summed E-state index contributed by atoms with van der Waals surface area (Å²) in [5.41, 5.74) is 1.36. The molecule has 34 heavy (non-hydrogen) atoms. The molecule has 0 bridgehead atoms. The molecule has 11 nitrogen and oxygen atoms in total. The average molecular weight is 477 g/mol. The van der Waals surface area contributed by atoms with E-state index in [2.05, 4.69) is 20.9 Å². The first-order valence-electron chi connectivity index (χ1n) is 11.1. The number of amides is 3. The van der Waals surface area contributed by atoms with Gasteiger partial charge >= 0.3 is 0 Å². The van der Waals surface area contributed by atoms with Crippen molar-refractivity contribution >= 4 is 17.7 Å². The zero-order chi connectivity index (χ0) is 24.5. The van der Waals surface area contributed by atoms with Crippen molar-refractivity contribution in [2.24, 2.45) is 0 Å². The lowest BCUT2D eigenvalue weighted by molar-refractivity contribution is -0.133. The number of nitrogens with zero attached hydrogens (tertiary/aromatic N) is 4. The van der Waals surface area contributed by atoms with Crippen molar-refractivity contribution in [3.05, 3.63) is 47.0 Å². The molecule has 2 aromatic rings. The highest BCUT2D eigenvalue weighted by Crippen LogP contribution is 2.12. The Morgan fingerprint density at radius 2 is 2.12 bits per heavy atom. The fraction of sp³-hybridized carbons (Fsp3) is 0.500. The number of aryl methyl sites for hydroxylation is 1. The third kappa shape index (κ3) is 7.32. The van der Waals surface area contributed by atoms with Crippen LogP contribution >= 0.6 is 0 Å². The standard InChI is InChI=1S/C22H29FN6O5/c1-2-17-12-29(27-26-17)11-16-4-3-15(9-19(16)23)22(33)24-6-8-34-14-20(31)25-10-21(32)28-7-5-18(30)13-28/h3-4,9,12,18,30H,2,5-8,10-11,13-14H2,1H3,(H,24,33)(H,25,31). The molecule has 0 spiro atoms. The second kappa shape index (κ2) is 12.2. The largest absolute Gasteiger partial charge is 0.391 e. The Morgan fingerprint density at radius 3 is 2.79 bits per heavy atom. The van der Waals surface area contributed by atoms with Gasteiger partial charge < -0.3 is 25.4 Å². The average Bonchev–Trinajstić information content (AvgIpc) is 3.47. The Morgan fingerprint density at radius 1 is 1.29 bits per heavy atom. The molecule has 2 heterocycles. The number of carbonyl (C=O) groups excluding carboxylic acids is 3. The zero-order valence-electron chi connectivity index (χ0n) is 19.0. The summed E-state index contributed by atoms with van der Waals surface area (Å²) >= 11 is 0. The van der Waals surface area contributed by atoms with Gasteiger partial charge in [-0.15, -0.1) is 5.10 Å². The van der Waals surface area contributed by atoms with Crippen LogP contribution in [0.1, 0.15) is 35.0 Å². The maximum Gasteiger partial charge on any atom is 0.251 e. The van der Waals surface area contributed by atoms with Crippen LogP contribution in [0.5, 0.6) is 0 Å². The van der Waals surface area contributed by atoms with Crippen LogP contribution in [0.4, 0.5) is 4.39 Å². The van der Waals surface area contributed by atoms with Crippen molar-refractivity contribution in [3.8, 4) is 0 Å². The number of ether oxygens (including phenoxy) is 1. The number of aromatic nitrogens is 3. The number of aliphatic hydroxyl groups excluding tert-OH is 1. The molecule has 1 fully saturated rings. The Hall–Kier alpha value is -3.38. The summed E-state index contributed by atoms with van der Waals surface area (Å²) in [6, 6.07) is 4.21. The highest BCUT2D eigenvalue weighted by Gasteiger charge is 2.24. The number of carbonyl (C=O) groups is 3. The Kier molecular flexibility index (Phi) is 9.05. The number of rotatable bonds is 11. The summed E-state index contributed by atoms with van der Waals surface area (Å²) in [7, 11) is 0. The SMILES string of the molecule is CCc1cn(Cc2ccc(C(=O)NCCOCC(=O)NCC(=O)N3CCC(O)C3)cc2F)nn1. The molecule has 3 amide bonds. The van der Waals surface area contributed by atoms with Gasteiger partial charge in [0.05, 0.1) is 31.5 Å². The van der Waals surface area contributed by atoms with E-state index in [1.807, 2.05) is 6.92 Å². The van der Waals surface area contributed by atoms with E-state index in [4.69, 9.17) is 4.74 Å². The van der Waals surface area contributed by atoms with Gasteiger partial charge in [0.2, 0.25) is 11.8 Å². The molecule has 3 rings (SSSR count). The lowest BCUT2D eigenvalue weighted by atomic mass is 10.1. The van der Waals surface area contributed by atoms with Gasteiger partial charge in [-0.25, -0.2) is 9.07 Å². The van der Waals surface area contributed by atoms with Gasteiger partial charge in [0, 0.05) is 37.0 Å². The molecule has 1 saturated heterocycles. The van der Waals surface area contributed by atoms with Crippen LogP contribution in [-0.2, 0) is 27.3 Å². The maximum atomic E-state index is 14.4. The zero-order valence-corrected chi connectivity index (χ0v) is 19.0. The quantitative estimate of drug-likeness (QED) is 0.371. The van der Waals surface area contributed by atoms with Crippen LogP contribution in [0.15, 0.2) is 24.4 Å². The molecule has 1 unspecified atom stereocenters. The molecule has 1 aliphatic rings. The molecule has 0 aliphatic carbocycles. The molecule has 12 heteroatoms. The third-order valence-corrected chi connectivity index (χ3v) is 5.31. The number of nitrogens with one attached hydrogen (secondary N) is 2. The van der Waals surface area contributed by atoms with Crippen LogP contribution in [0.3, 0.4) is 0 Å². The Balaban J connectivity index is 1.32. The molecule has 3 N–H and O–H groups in total. The topological polar surface area (TPSA) is 139 Å². The van der Waals surface area contributed by atoms with Crippen molar-refractivity contribution in [1.29, 1.82) is 0 Å². The highest BCUT2D eigenvalue weighted by molar-refractivity contribution is 5.94. The summed E-state index contributed by atoms with van der Waals surface area (Å²) in [5, 5.41) is 22.4. The Labute approximate surface area is 196 Å². The molecule has 0 saturated carbocycles. The van der Waals surface area contributed by atoms with Gasteiger partial charge in [-0.05, 0) is 25.0 Å². The van der Waals surface area contributed by atoms with Gasteiger partial charge in [0.15, 0.2) is 0 Å². The molecule has 1 aliphatic heterocycles. The lowest BCUT2D eigenvalue weighted by Gasteiger charge is -2.15. The van der Waals surface area contributed by atoms with E-state index in [1.54, 1.807) is 6.20 Å².